The highest BCUT2D eigenvalue weighted by molar-refractivity contribution is 8.13. The van der Waals surface area contributed by atoms with Gasteiger partial charge < -0.3 is 25.4 Å². The number of thioether (sulfide) groups is 1. The van der Waals surface area contributed by atoms with Gasteiger partial charge in [0.25, 0.3) is 0 Å². The molecule has 1 aromatic carbocycles. The Morgan fingerprint density at radius 1 is 1.30 bits per heavy atom. The highest BCUT2D eigenvalue weighted by atomic mass is 35.5. The summed E-state index contributed by atoms with van der Waals surface area (Å²) < 4.78 is 38.5. The molecule has 2 aromatic heterocycles. The molecule has 0 aliphatic carbocycles. The summed E-state index contributed by atoms with van der Waals surface area (Å²) in [5.74, 6) is 0.334. The normalized spacial score (nSPS) is 23.6. The maximum absolute atomic E-state index is 13.8. The average Bonchev–Trinajstić information content (AvgIpc) is 3.51. The van der Waals surface area contributed by atoms with Crippen LogP contribution in [0.25, 0.3) is 11.2 Å². The van der Waals surface area contributed by atoms with Crippen molar-refractivity contribution in [2.24, 2.45) is 5.41 Å². The van der Waals surface area contributed by atoms with Gasteiger partial charge in [-0.25, -0.2) is 14.6 Å². The lowest BCUT2D eigenvalue weighted by Crippen LogP contribution is -2.40. The summed E-state index contributed by atoms with van der Waals surface area (Å²) >= 11 is 7.79. The van der Waals surface area contributed by atoms with Gasteiger partial charge in [-0.15, -0.1) is 11.6 Å². The molecule has 0 radical (unpaired) electrons. The van der Waals surface area contributed by atoms with Gasteiger partial charge in [0.15, 0.2) is 22.5 Å². The number of aliphatic hydroxyl groups excluding tert-OH is 2. The number of fused-ring (bicyclic) bond motifs is 1. The molecule has 5 N–H and O–H groups in total. The van der Waals surface area contributed by atoms with Gasteiger partial charge in [-0.3, -0.25) is 18.4 Å². The van der Waals surface area contributed by atoms with Crippen molar-refractivity contribution < 1.29 is 38.1 Å². The van der Waals surface area contributed by atoms with Crippen LogP contribution >= 0.6 is 31.1 Å². The van der Waals surface area contributed by atoms with Crippen LogP contribution in [0.3, 0.4) is 0 Å². The van der Waals surface area contributed by atoms with Gasteiger partial charge in [-0.05, 0) is 33.3 Å². The molecule has 17 heteroatoms. The molecular weight excluding hydrogens is 635 g/mol. The van der Waals surface area contributed by atoms with E-state index in [9.17, 15) is 19.6 Å². The molecule has 0 unspecified atom stereocenters. The number of anilines is 1. The molecule has 3 heterocycles. The number of alkyl halides is 1. The Kier molecular flexibility index (Phi) is 11.3. The maximum atomic E-state index is 13.8. The zero-order valence-electron chi connectivity index (χ0n) is 24.9. The van der Waals surface area contributed by atoms with E-state index in [-0.39, 0.29) is 49.1 Å². The number of hydrogen-bond acceptors (Lipinski definition) is 13. The van der Waals surface area contributed by atoms with E-state index in [1.54, 1.807) is 27.7 Å². The maximum Gasteiger partial charge on any atom is 0.405 e. The molecule has 242 valence electrons. The molecule has 0 spiro atoms. The van der Waals surface area contributed by atoms with Crippen LogP contribution in [0.5, 0.6) is 5.88 Å². The topological polar surface area (TPSA) is 193 Å². The summed E-state index contributed by atoms with van der Waals surface area (Å²) in [6.07, 6.45) is -1.83. The average molecular weight is 673 g/mol. The third kappa shape index (κ3) is 7.90. The Morgan fingerprint density at radius 3 is 2.70 bits per heavy atom. The van der Waals surface area contributed by atoms with Crippen molar-refractivity contribution in [2.45, 2.75) is 57.5 Å². The van der Waals surface area contributed by atoms with Gasteiger partial charge in [0.1, 0.15) is 17.1 Å². The predicted molar refractivity (Wildman–Crippen MR) is 166 cm³/mol. The van der Waals surface area contributed by atoms with E-state index in [1.807, 2.05) is 30.3 Å². The molecule has 0 bridgehead atoms. The molecule has 0 saturated carbocycles. The van der Waals surface area contributed by atoms with Crippen molar-refractivity contribution in [1.29, 1.82) is 0 Å². The van der Waals surface area contributed by atoms with E-state index >= 15 is 0 Å². The first-order valence-electron chi connectivity index (χ1n) is 13.9. The van der Waals surface area contributed by atoms with Gasteiger partial charge in [-0.2, -0.15) is 9.97 Å². The third-order valence-electron chi connectivity index (χ3n) is 6.91. The first-order valence-corrected chi connectivity index (χ1v) is 16.8. The highest BCUT2D eigenvalue weighted by Gasteiger charge is 2.54. The van der Waals surface area contributed by atoms with Crippen LogP contribution in [-0.4, -0.2) is 84.1 Å². The number of nitrogens with two attached hydrogens (primary N) is 1. The smallest absolute Gasteiger partial charge is 0.405 e. The minimum Gasteiger partial charge on any atom is -0.476 e. The zero-order valence-corrected chi connectivity index (χ0v) is 27.3. The van der Waals surface area contributed by atoms with Crippen molar-refractivity contribution in [1.82, 2.24) is 24.6 Å². The summed E-state index contributed by atoms with van der Waals surface area (Å²) in [5, 5.41) is 23.2. The Labute approximate surface area is 264 Å². The Hall–Kier alpha value is -2.33. The number of hydrogen-bond donors (Lipinski definition) is 4. The lowest BCUT2D eigenvalue weighted by Gasteiger charge is -2.26. The molecule has 14 nitrogen and oxygen atoms in total. The van der Waals surface area contributed by atoms with Gasteiger partial charge in [0.05, 0.1) is 38.2 Å². The number of benzene rings is 1. The molecule has 1 aliphatic rings. The standard InChI is InChI=1S/C27H38ClN6O8PS/c1-5-39-22-19-21(32-25(29)33-22)34(16-30-19)23-27(4,28)20(36)18(42-23)14-41-43(38,31-13-17-9-7-6-8-10-17)40-11-12-44-24(37)26(2,3)15-35/h6-10,16,18,20,23,35-36H,5,11-15H2,1-4H3,(H,31,38)(H2,29,32,33)/t18-,20-,23-,27-,43-/m1/s1. The second-order valence-corrected chi connectivity index (χ2v) is 14.6. The summed E-state index contributed by atoms with van der Waals surface area (Å²) in [6, 6.07) is 9.24. The number of imidazole rings is 1. The third-order valence-corrected chi connectivity index (χ3v) is 10.1. The molecule has 1 aliphatic heterocycles. The largest absolute Gasteiger partial charge is 0.476 e. The van der Waals surface area contributed by atoms with Crippen molar-refractivity contribution in [2.75, 3.05) is 37.9 Å². The fourth-order valence-electron chi connectivity index (χ4n) is 4.30. The highest BCUT2D eigenvalue weighted by Crippen LogP contribution is 2.48. The van der Waals surface area contributed by atoms with Gasteiger partial charge in [0.2, 0.25) is 11.8 Å². The minimum absolute atomic E-state index is 0.0419. The van der Waals surface area contributed by atoms with Crippen molar-refractivity contribution in [3.8, 4) is 5.88 Å². The van der Waals surface area contributed by atoms with E-state index in [2.05, 4.69) is 20.0 Å². The van der Waals surface area contributed by atoms with E-state index in [0.29, 0.717) is 17.8 Å². The first-order chi connectivity index (χ1) is 20.8. The second-order valence-electron chi connectivity index (χ2n) is 10.9. The van der Waals surface area contributed by atoms with Crippen molar-refractivity contribution in [3.63, 3.8) is 0 Å². The Morgan fingerprint density at radius 2 is 2.02 bits per heavy atom. The number of aromatic nitrogens is 4. The molecule has 3 aromatic rings. The quantitative estimate of drug-likeness (QED) is 0.104. The van der Waals surface area contributed by atoms with Crippen LogP contribution in [0.2, 0.25) is 0 Å². The molecule has 0 amide bonds. The number of nitrogens with one attached hydrogen (secondary N) is 1. The molecule has 44 heavy (non-hydrogen) atoms. The monoisotopic (exact) mass is 672 g/mol. The molecule has 4 rings (SSSR count). The molecular formula is C27H38ClN6O8PS. The number of nitrogens with zero attached hydrogens (tertiary/aromatic N) is 4. The second kappa shape index (κ2) is 14.4. The minimum atomic E-state index is -3.98. The number of rotatable bonds is 15. The zero-order chi connectivity index (χ0) is 32.1. The van der Waals surface area contributed by atoms with E-state index in [4.69, 9.17) is 35.9 Å². The van der Waals surface area contributed by atoms with Crippen LogP contribution < -0.4 is 15.6 Å². The van der Waals surface area contributed by atoms with Crippen LogP contribution in [-0.2, 0) is 29.7 Å². The summed E-state index contributed by atoms with van der Waals surface area (Å²) in [7, 11) is -3.98. The Bertz CT molecular complexity index is 1480. The van der Waals surface area contributed by atoms with E-state index in [1.165, 1.54) is 10.9 Å². The number of carbonyl (C=O) groups excluding carboxylic acids is 1. The summed E-state index contributed by atoms with van der Waals surface area (Å²) in [5.41, 5.74) is 6.45. The van der Waals surface area contributed by atoms with Gasteiger partial charge in [0, 0.05) is 12.3 Å². The lowest BCUT2D eigenvalue weighted by atomic mass is 9.97. The molecule has 1 fully saturated rings. The van der Waals surface area contributed by atoms with Crippen LogP contribution in [0.1, 0.15) is 39.5 Å². The van der Waals surface area contributed by atoms with Crippen LogP contribution in [0, 0.1) is 5.41 Å². The predicted octanol–water partition coefficient (Wildman–Crippen LogP) is 3.27. The number of ether oxygens (including phenoxy) is 2. The fourth-order valence-corrected chi connectivity index (χ4v) is 6.84. The fraction of sp³-hybridized carbons (Fsp3) is 0.556. The van der Waals surface area contributed by atoms with Crippen LogP contribution in [0.15, 0.2) is 36.7 Å². The van der Waals surface area contributed by atoms with Crippen molar-refractivity contribution >= 4 is 53.3 Å². The number of aliphatic hydroxyl groups is 2. The number of halogens is 1. The summed E-state index contributed by atoms with van der Waals surface area (Å²) in [4.78, 5) is 23.7. The van der Waals surface area contributed by atoms with Crippen LogP contribution in [0.4, 0.5) is 5.95 Å². The SMILES string of the molecule is CCOc1nc(N)nc2c1ncn2[C@@H]1O[C@H](CO[P@@](=O)(NCc2ccccc2)OCCSC(=O)C(C)(C)CO)[C@@H](O)[C@@]1(C)Cl. The lowest BCUT2D eigenvalue weighted by molar-refractivity contribution is -0.119. The van der Waals surface area contributed by atoms with Crippen molar-refractivity contribution in [3.05, 3.63) is 42.2 Å². The van der Waals surface area contributed by atoms with Gasteiger partial charge in [-0.1, -0.05) is 42.1 Å². The van der Waals surface area contributed by atoms with Gasteiger partial charge >= 0.3 is 7.75 Å². The number of carbonyl (C=O) groups is 1. The molecule has 5 atom stereocenters. The van der Waals surface area contributed by atoms with E-state index in [0.717, 1.165) is 17.3 Å². The number of nitrogen functional groups attached to an aromatic ring is 1. The first kappa shape index (κ1) is 34.5. The Balaban J connectivity index is 1.48. The van der Waals surface area contributed by atoms with E-state index < -0.39 is 36.5 Å². The summed E-state index contributed by atoms with van der Waals surface area (Å²) in [6.45, 7) is 6.41. The molecule has 1 saturated heterocycles.